The molecule has 2 atom stereocenters. The van der Waals surface area contributed by atoms with Gasteiger partial charge in [0.25, 0.3) is 0 Å². The first-order valence-electron chi connectivity index (χ1n) is 4.14. The maximum atomic E-state index is 10.5. The van der Waals surface area contributed by atoms with Crippen LogP contribution in [0.3, 0.4) is 0 Å². The van der Waals surface area contributed by atoms with E-state index in [1.807, 2.05) is 0 Å². The molecule has 0 radical (unpaired) electrons. The van der Waals surface area contributed by atoms with Crippen LogP contribution in [0, 0.1) is 11.8 Å². The monoisotopic (exact) mass is 167 g/mol. The molecule has 0 bridgehead atoms. The maximum Gasteiger partial charge on any atom is 0.320 e. The van der Waals surface area contributed by atoms with Gasteiger partial charge in [-0.2, -0.15) is 0 Å². The molecule has 2 N–H and O–H groups in total. The van der Waals surface area contributed by atoms with E-state index in [0.29, 0.717) is 0 Å². The van der Waals surface area contributed by atoms with Crippen molar-refractivity contribution in [2.75, 3.05) is 0 Å². The summed E-state index contributed by atoms with van der Waals surface area (Å²) in [4.78, 5) is 10.5. The number of carboxylic acid groups (broad SMARTS) is 1. The largest absolute Gasteiger partial charge is 0.480 e. The van der Waals surface area contributed by atoms with Crippen LogP contribution in [0.4, 0.5) is 0 Å². The fraction of sp³-hybridized carbons (Fsp3) is 0.667. The Kier molecular flexibility index (Phi) is 3.12. The average Bonchev–Trinajstić information content (AvgIpc) is 2.06. The molecule has 0 amide bonds. The first-order valence-corrected chi connectivity index (χ1v) is 4.14. The molecule has 0 aromatic carbocycles. The van der Waals surface area contributed by atoms with Crippen LogP contribution in [0.2, 0.25) is 0 Å². The smallest absolute Gasteiger partial charge is 0.320 e. The third kappa shape index (κ3) is 2.55. The molecule has 1 rings (SSSR count). The van der Waals surface area contributed by atoms with Gasteiger partial charge in [-0.05, 0) is 13.3 Å². The maximum absolute atomic E-state index is 10.5. The van der Waals surface area contributed by atoms with Crippen LogP contribution in [0.15, 0.2) is 0 Å². The molecule has 66 valence electrons. The van der Waals surface area contributed by atoms with Crippen LogP contribution < -0.4 is 5.32 Å². The fourth-order valence-electron chi connectivity index (χ4n) is 1.20. The van der Waals surface area contributed by atoms with Gasteiger partial charge < -0.3 is 10.4 Å². The zero-order valence-corrected chi connectivity index (χ0v) is 7.13. The quantitative estimate of drug-likeness (QED) is 0.605. The van der Waals surface area contributed by atoms with Crippen molar-refractivity contribution in [1.82, 2.24) is 5.32 Å². The lowest BCUT2D eigenvalue weighted by atomic mass is 10.0. The van der Waals surface area contributed by atoms with E-state index in [9.17, 15) is 4.79 Å². The standard InChI is InChI=1S/C9H13NO2/c1-7(9(11)12)10-8-5-3-2-4-6-8/h7-8,10H,3,5-6H2,1H3,(H,11,12). The summed E-state index contributed by atoms with van der Waals surface area (Å²) in [5.41, 5.74) is 0. The molecule has 0 fully saturated rings. The summed E-state index contributed by atoms with van der Waals surface area (Å²) < 4.78 is 0. The van der Waals surface area contributed by atoms with E-state index in [-0.39, 0.29) is 6.04 Å². The Labute approximate surface area is 72.2 Å². The Bertz CT molecular complexity index is 226. The second kappa shape index (κ2) is 4.13. The summed E-state index contributed by atoms with van der Waals surface area (Å²) in [7, 11) is 0. The second-order valence-corrected chi connectivity index (χ2v) is 3.02. The van der Waals surface area contributed by atoms with E-state index in [1.165, 1.54) is 0 Å². The van der Waals surface area contributed by atoms with E-state index < -0.39 is 12.0 Å². The molecule has 3 heteroatoms. The molecule has 2 unspecified atom stereocenters. The van der Waals surface area contributed by atoms with Crippen LogP contribution in [0.1, 0.15) is 26.2 Å². The summed E-state index contributed by atoms with van der Waals surface area (Å²) in [6, 6.07) is -0.202. The van der Waals surface area contributed by atoms with Gasteiger partial charge in [0.15, 0.2) is 0 Å². The fourth-order valence-corrected chi connectivity index (χ4v) is 1.20. The summed E-state index contributed by atoms with van der Waals surface area (Å²) in [6.07, 6.45) is 2.62. The van der Waals surface area contributed by atoms with Crippen molar-refractivity contribution in [2.45, 2.75) is 38.3 Å². The van der Waals surface area contributed by atoms with Crippen molar-refractivity contribution >= 4 is 5.97 Å². The molecule has 0 aromatic rings. The van der Waals surface area contributed by atoms with E-state index in [4.69, 9.17) is 5.11 Å². The van der Waals surface area contributed by atoms with Gasteiger partial charge in [0.1, 0.15) is 6.04 Å². The Hall–Kier alpha value is -1.01. The lowest BCUT2D eigenvalue weighted by Crippen LogP contribution is -2.41. The van der Waals surface area contributed by atoms with Gasteiger partial charge in [0.2, 0.25) is 0 Å². The molecule has 1 aliphatic rings. The van der Waals surface area contributed by atoms with Gasteiger partial charge in [-0.15, -0.1) is 11.8 Å². The Balaban J connectivity index is 2.32. The van der Waals surface area contributed by atoms with Gasteiger partial charge >= 0.3 is 5.97 Å². The first-order chi connectivity index (χ1) is 5.70. The van der Waals surface area contributed by atoms with Crippen molar-refractivity contribution in [3.63, 3.8) is 0 Å². The highest BCUT2D eigenvalue weighted by molar-refractivity contribution is 5.72. The lowest BCUT2D eigenvalue weighted by molar-refractivity contribution is -0.139. The van der Waals surface area contributed by atoms with E-state index >= 15 is 0 Å². The normalized spacial score (nSPS) is 23.9. The van der Waals surface area contributed by atoms with Gasteiger partial charge in [-0.1, -0.05) is 0 Å². The van der Waals surface area contributed by atoms with Crippen LogP contribution in [0.25, 0.3) is 0 Å². The van der Waals surface area contributed by atoms with Gasteiger partial charge in [0.05, 0.1) is 0 Å². The number of aliphatic carboxylic acids is 1. The molecule has 0 heterocycles. The highest BCUT2D eigenvalue weighted by Crippen LogP contribution is 2.06. The van der Waals surface area contributed by atoms with Crippen molar-refractivity contribution in [3.05, 3.63) is 0 Å². The number of hydrogen-bond acceptors (Lipinski definition) is 2. The van der Waals surface area contributed by atoms with Gasteiger partial charge in [-0.25, -0.2) is 0 Å². The van der Waals surface area contributed by atoms with Gasteiger partial charge in [0, 0.05) is 18.9 Å². The summed E-state index contributed by atoms with van der Waals surface area (Å²) in [6.45, 7) is 1.66. The number of carboxylic acids is 1. The van der Waals surface area contributed by atoms with Crippen LogP contribution >= 0.6 is 0 Å². The number of carbonyl (C=O) groups is 1. The predicted molar refractivity (Wildman–Crippen MR) is 45.6 cm³/mol. The average molecular weight is 167 g/mol. The minimum Gasteiger partial charge on any atom is -0.480 e. The SMILES string of the molecule is CC(NC1CC#CCC1)C(=O)O. The summed E-state index contributed by atoms with van der Waals surface area (Å²) in [5, 5.41) is 11.6. The minimum absolute atomic E-state index is 0.261. The van der Waals surface area contributed by atoms with Crippen LogP contribution in [-0.2, 0) is 4.79 Å². The van der Waals surface area contributed by atoms with Crippen LogP contribution in [0.5, 0.6) is 0 Å². The Morgan fingerprint density at radius 2 is 2.42 bits per heavy atom. The highest BCUT2D eigenvalue weighted by Gasteiger charge is 2.16. The van der Waals surface area contributed by atoms with Gasteiger partial charge in [-0.3, -0.25) is 4.79 Å². The third-order valence-corrected chi connectivity index (χ3v) is 1.95. The molecular weight excluding hydrogens is 154 g/mol. The first kappa shape index (κ1) is 9.08. The number of hydrogen-bond donors (Lipinski definition) is 2. The number of nitrogens with one attached hydrogen (secondary N) is 1. The molecular formula is C9H13NO2. The topological polar surface area (TPSA) is 49.3 Å². The molecule has 0 aromatic heterocycles. The predicted octanol–water partition coefficient (Wildman–Crippen LogP) is 0.605. The van der Waals surface area contributed by atoms with Crippen LogP contribution in [-0.4, -0.2) is 23.2 Å². The third-order valence-electron chi connectivity index (χ3n) is 1.95. The summed E-state index contributed by atoms with van der Waals surface area (Å²) >= 11 is 0. The van der Waals surface area contributed by atoms with Crippen molar-refractivity contribution < 1.29 is 9.90 Å². The molecule has 0 aliphatic heterocycles. The molecule has 1 aliphatic carbocycles. The van der Waals surface area contributed by atoms with Crippen molar-refractivity contribution in [1.29, 1.82) is 0 Å². The zero-order chi connectivity index (χ0) is 8.97. The Morgan fingerprint density at radius 3 is 2.92 bits per heavy atom. The van der Waals surface area contributed by atoms with E-state index in [1.54, 1.807) is 6.92 Å². The number of rotatable bonds is 3. The highest BCUT2D eigenvalue weighted by atomic mass is 16.4. The summed E-state index contributed by atoms with van der Waals surface area (Å²) in [5.74, 6) is 5.16. The zero-order valence-electron chi connectivity index (χ0n) is 7.13. The van der Waals surface area contributed by atoms with Crippen molar-refractivity contribution in [3.8, 4) is 11.8 Å². The van der Waals surface area contributed by atoms with E-state index in [2.05, 4.69) is 17.2 Å². The lowest BCUT2D eigenvalue weighted by Gasteiger charge is -2.19. The second-order valence-electron chi connectivity index (χ2n) is 3.02. The molecule has 0 saturated carbocycles. The molecule has 0 spiro atoms. The minimum atomic E-state index is -0.798. The molecule has 0 saturated heterocycles. The molecule has 3 nitrogen and oxygen atoms in total. The van der Waals surface area contributed by atoms with E-state index in [0.717, 1.165) is 19.3 Å². The van der Waals surface area contributed by atoms with Crippen molar-refractivity contribution in [2.24, 2.45) is 0 Å². The molecule has 12 heavy (non-hydrogen) atoms. The Morgan fingerprint density at radius 1 is 1.67 bits per heavy atom.